The van der Waals surface area contributed by atoms with Gasteiger partial charge in [0.15, 0.2) is 0 Å². The summed E-state index contributed by atoms with van der Waals surface area (Å²) in [6.45, 7) is 4.93. The van der Waals surface area contributed by atoms with E-state index in [1.807, 2.05) is 32.0 Å². The smallest absolute Gasteiger partial charge is 0.305 e. The van der Waals surface area contributed by atoms with Crippen LogP contribution in [0.1, 0.15) is 54.9 Å². The molecule has 0 spiro atoms. The van der Waals surface area contributed by atoms with Gasteiger partial charge in [-0.1, -0.05) is 25.0 Å². The number of nitrogens with one attached hydrogen (secondary N) is 1. The van der Waals surface area contributed by atoms with Gasteiger partial charge < -0.3 is 10.1 Å². The van der Waals surface area contributed by atoms with E-state index in [1.54, 1.807) is 0 Å². The van der Waals surface area contributed by atoms with E-state index in [1.165, 1.54) is 0 Å². The van der Waals surface area contributed by atoms with Gasteiger partial charge in [0.2, 0.25) is 0 Å². The van der Waals surface area contributed by atoms with Crippen LogP contribution in [0.15, 0.2) is 18.2 Å². The average Bonchev–Trinajstić information content (AvgIpc) is 2.49. The van der Waals surface area contributed by atoms with Crippen molar-refractivity contribution in [2.45, 2.75) is 46.0 Å². The molecule has 22 heavy (non-hydrogen) atoms. The van der Waals surface area contributed by atoms with Crippen LogP contribution in [0, 0.1) is 10.5 Å². The lowest BCUT2D eigenvalue weighted by atomic mass is 10.1. The molecule has 0 saturated carbocycles. The quantitative estimate of drug-likeness (QED) is 0.377. The van der Waals surface area contributed by atoms with Crippen molar-refractivity contribution in [3.8, 4) is 0 Å². The van der Waals surface area contributed by atoms with Gasteiger partial charge in [0, 0.05) is 16.5 Å². The lowest BCUT2D eigenvalue weighted by Crippen LogP contribution is -2.25. The van der Waals surface area contributed by atoms with E-state index in [0.717, 1.165) is 40.4 Å². The lowest BCUT2D eigenvalue weighted by molar-refractivity contribution is -0.143. The Bertz CT molecular complexity index is 503. The number of rotatable bonds is 9. The number of halogens is 1. The van der Waals surface area contributed by atoms with Crippen molar-refractivity contribution in [2.75, 3.05) is 13.2 Å². The second kappa shape index (κ2) is 10.6. The predicted octanol–water partition coefficient (Wildman–Crippen LogP) is 3.84. The predicted molar refractivity (Wildman–Crippen MR) is 95.9 cm³/mol. The number of unbranched alkanes of at least 4 members (excludes halogenated alkanes) is 3. The molecular formula is C17H24INO3. The van der Waals surface area contributed by atoms with Crippen LogP contribution in [-0.4, -0.2) is 25.0 Å². The van der Waals surface area contributed by atoms with Gasteiger partial charge in [-0.05, 0) is 60.9 Å². The van der Waals surface area contributed by atoms with E-state index in [2.05, 4.69) is 27.9 Å². The first kappa shape index (κ1) is 18.9. The maximum absolute atomic E-state index is 12.1. The van der Waals surface area contributed by atoms with Gasteiger partial charge >= 0.3 is 5.97 Å². The van der Waals surface area contributed by atoms with Crippen LogP contribution in [-0.2, 0) is 9.53 Å². The second-order valence-corrected chi connectivity index (χ2v) is 6.24. The summed E-state index contributed by atoms with van der Waals surface area (Å²) in [7, 11) is 0. The van der Waals surface area contributed by atoms with E-state index >= 15 is 0 Å². The number of hydrogen-bond donors (Lipinski definition) is 1. The van der Waals surface area contributed by atoms with Crippen LogP contribution in [0.3, 0.4) is 0 Å². The lowest BCUT2D eigenvalue weighted by Gasteiger charge is -2.08. The average molecular weight is 417 g/mol. The fourth-order valence-corrected chi connectivity index (χ4v) is 2.71. The fraction of sp³-hybridized carbons (Fsp3) is 0.529. The number of carbonyl (C=O) groups excluding carboxylic acids is 2. The molecule has 0 saturated heterocycles. The molecule has 5 heteroatoms. The zero-order valence-corrected chi connectivity index (χ0v) is 15.4. The first-order valence-electron chi connectivity index (χ1n) is 7.75. The van der Waals surface area contributed by atoms with Gasteiger partial charge in [0.05, 0.1) is 12.2 Å². The summed E-state index contributed by atoms with van der Waals surface area (Å²) in [6.07, 6.45) is 4.25. The molecule has 4 nitrogen and oxygen atoms in total. The molecule has 1 N–H and O–H groups in total. The largest absolute Gasteiger partial charge is 0.466 e. The van der Waals surface area contributed by atoms with Crippen molar-refractivity contribution in [1.82, 2.24) is 5.32 Å². The van der Waals surface area contributed by atoms with E-state index in [9.17, 15) is 9.59 Å². The molecule has 0 aliphatic carbocycles. The first-order chi connectivity index (χ1) is 10.6. The van der Waals surface area contributed by atoms with E-state index < -0.39 is 0 Å². The monoisotopic (exact) mass is 417 g/mol. The topological polar surface area (TPSA) is 55.4 Å². The highest BCUT2D eigenvalue weighted by molar-refractivity contribution is 14.1. The summed E-state index contributed by atoms with van der Waals surface area (Å²) >= 11 is 2.21. The summed E-state index contributed by atoms with van der Waals surface area (Å²) in [4.78, 5) is 23.2. The molecule has 0 atom stereocenters. The third-order valence-corrected chi connectivity index (χ3v) is 4.77. The van der Waals surface area contributed by atoms with Crippen molar-refractivity contribution >= 4 is 34.5 Å². The van der Waals surface area contributed by atoms with Crippen molar-refractivity contribution < 1.29 is 14.3 Å². The molecule has 0 aliphatic heterocycles. The molecule has 0 aromatic heterocycles. The highest BCUT2D eigenvalue weighted by atomic mass is 127. The standard InChI is InChI=1S/C17H24INO3/c1-3-22-15(20)11-6-4-5-7-12-19-17(21)14-10-8-9-13(2)16(14)18/h8-10H,3-7,11-12H2,1-2H3,(H,19,21). The molecular weight excluding hydrogens is 393 g/mol. The Morgan fingerprint density at radius 1 is 1.18 bits per heavy atom. The molecule has 1 aromatic carbocycles. The number of esters is 1. The number of benzene rings is 1. The van der Waals surface area contributed by atoms with E-state index in [4.69, 9.17) is 4.74 Å². The van der Waals surface area contributed by atoms with E-state index in [-0.39, 0.29) is 11.9 Å². The SMILES string of the molecule is CCOC(=O)CCCCCCNC(=O)c1cccc(C)c1I. The summed E-state index contributed by atoms with van der Waals surface area (Å²) in [5, 5.41) is 2.95. The number of aryl methyl sites for hydroxylation is 1. The molecule has 1 rings (SSSR count). The number of hydrogen-bond acceptors (Lipinski definition) is 3. The van der Waals surface area contributed by atoms with Crippen LogP contribution in [0.5, 0.6) is 0 Å². The second-order valence-electron chi connectivity index (χ2n) is 5.16. The van der Waals surface area contributed by atoms with Crippen LogP contribution in [0.2, 0.25) is 0 Å². The molecule has 1 amide bonds. The van der Waals surface area contributed by atoms with Gasteiger partial charge in [0.1, 0.15) is 0 Å². The van der Waals surface area contributed by atoms with Gasteiger partial charge in [-0.15, -0.1) is 0 Å². The van der Waals surface area contributed by atoms with Crippen molar-refractivity contribution in [2.24, 2.45) is 0 Å². The normalized spacial score (nSPS) is 10.3. The summed E-state index contributed by atoms with van der Waals surface area (Å²) < 4.78 is 5.88. The number of carbonyl (C=O) groups is 2. The first-order valence-corrected chi connectivity index (χ1v) is 8.83. The Morgan fingerprint density at radius 2 is 1.91 bits per heavy atom. The number of amides is 1. The molecule has 0 aliphatic rings. The molecule has 0 radical (unpaired) electrons. The highest BCUT2D eigenvalue weighted by Crippen LogP contribution is 2.16. The minimum Gasteiger partial charge on any atom is -0.466 e. The minimum absolute atomic E-state index is 0.0142. The maximum atomic E-state index is 12.1. The van der Waals surface area contributed by atoms with Crippen LogP contribution in [0.25, 0.3) is 0 Å². The maximum Gasteiger partial charge on any atom is 0.305 e. The third kappa shape index (κ3) is 6.77. The van der Waals surface area contributed by atoms with E-state index in [0.29, 0.717) is 19.6 Å². The zero-order chi connectivity index (χ0) is 16.4. The fourth-order valence-electron chi connectivity index (χ4n) is 2.10. The molecule has 1 aromatic rings. The Hall–Kier alpha value is -1.11. The van der Waals surface area contributed by atoms with Crippen molar-refractivity contribution in [3.63, 3.8) is 0 Å². The Morgan fingerprint density at radius 3 is 2.64 bits per heavy atom. The molecule has 0 heterocycles. The van der Waals surface area contributed by atoms with Crippen LogP contribution in [0.4, 0.5) is 0 Å². The third-order valence-electron chi connectivity index (χ3n) is 3.33. The Balaban J connectivity index is 2.16. The summed E-state index contributed by atoms with van der Waals surface area (Å²) in [5.41, 5.74) is 1.86. The number of ether oxygens (including phenoxy) is 1. The zero-order valence-electron chi connectivity index (χ0n) is 13.3. The van der Waals surface area contributed by atoms with Crippen LogP contribution < -0.4 is 5.32 Å². The molecule has 0 fully saturated rings. The van der Waals surface area contributed by atoms with Gasteiger partial charge in [-0.2, -0.15) is 0 Å². The Labute approximate surface area is 146 Å². The summed E-state index contributed by atoms with van der Waals surface area (Å²) in [5.74, 6) is -0.135. The van der Waals surface area contributed by atoms with Gasteiger partial charge in [0.25, 0.3) is 5.91 Å². The highest BCUT2D eigenvalue weighted by Gasteiger charge is 2.10. The van der Waals surface area contributed by atoms with Crippen LogP contribution >= 0.6 is 22.6 Å². The minimum atomic E-state index is -0.121. The van der Waals surface area contributed by atoms with Crippen molar-refractivity contribution in [1.29, 1.82) is 0 Å². The molecule has 0 unspecified atom stereocenters. The summed E-state index contributed by atoms with van der Waals surface area (Å²) in [6, 6.07) is 5.76. The Kier molecular flexibility index (Phi) is 9.11. The van der Waals surface area contributed by atoms with Gasteiger partial charge in [-0.3, -0.25) is 9.59 Å². The molecule has 122 valence electrons. The van der Waals surface area contributed by atoms with Crippen molar-refractivity contribution in [3.05, 3.63) is 32.9 Å². The van der Waals surface area contributed by atoms with Gasteiger partial charge in [-0.25, -0.2) is 0 Å². The molecule has 0 bridgehead atoms.